The van der Waals surface area contributed by atoms with Crippen molar-refractivity contribution >= 4 is 6.21 Å². The molecule has 1 unspecified atom stereocenters. The van der Waals surface area contributed by atoms with Gasteiger partial charge in [-0.2, -0.15) is 0 Å². The fraction of sp³-hybridized carbons (Fsp3) is 0.364. The van der Waals surface area contributed by atoms with Crippen LogP contribution < -0.4 is 0 Å². The Hall–Kier alpha value is -1.35. The van der Waals surface area contributed by atoms with Gasteiger partial charge in [0, 0.05) is 12.6 Å². The molecule has 0 spiro atoms. The molecule has 3 nitrogen and oxygen atoms in total. The average molecular weight is 193 g/mol. The Morgan fingerprint density at radius 3 is 3.21 bits per heavy atom. The summed E-state index contributed by atoms with van der Waals surface area (Å²) in [7, 11) is 0. The zero-order chi connectivity index (χ0) is 10.2. The van der Waals surface area contributed by atoms with Crippen LogP contribution in [0.1, 0.15) is 13.3 Å². The second kappa shape index (κ2) is 6.16. The summed E-state index contributed by atoms with van der Waals surface area (Å²) in [4.78, 5) is 0. The highest BCUT2D eigenvalue weighted by atomic mass is 16.5. The van der Waals surface area contributed by atoms with Crippen molar-refractivity contribution in [2.75, 3.05) is 6.61 Å². The molecule has 0 heterocycles. The van der Waals surface area contributed by atoms with Gasteiger partial charge in [-0.15, -0.1) is 0 Å². The topological polar surface area (TPSA) is 42.3 Å². The van der Waals surface area contributed by atoms with Gasteiger partial charge in [-0.1, -0.05) is 18.2 Å². The largest absolute Gasteiger partial charge is 0.470 e. The van der Waals surface area contributed by atoms with Crippen LogP contribution in [0.3, 0.4) is 0 Å². The van der Waals surface area contributed by atoms with E-state index in [1.165, 1.54) is 6.21 Å². The lowest BCUT2D eigenvalue weighted by atomic mass is 10.1. The molecule has 1 aliphatic rings. The van der Waals surface area contributed by atoms with Crippen LogP contribution in [0.2, 0.25) is 0 Å². The van der Waals surface area contributed by atoms with Gasteiger partial charge in [-0.25, -0.2) is 0 Å². The van der Waals surface area contributed by atoms with E-state index in [1.54, 1.807) is 6.26 Å². The molecule has 76 valence electrons. The Bertz CT molecular complexity index is 266. The van der Waals surface area contributed by atoms with E-state index >= 15 is 0 Å². The average Bonchev–Trinajstić information content (AvgIpc) is 2.24. The molecule has 1 aliphatic carbocycles. The number of hydrogen-bond acceptors (Lipinski definition) is 3. The molecule has 0 radical (unpaired) electrons. The number of nitrogens with one attached hydrogen (secondary N) is 1. The lowest BCUT2D eigenvalue weighted by Gasteiger charge is -2.17. The molecule has 0 saturated carbocycles. The summed E-state index contributed by atoms with van der Waals surface area (Å²) in [5.41, 5.74) is 0. The van der Waals surface area contributed by atoms with Gasteiger partial charge in [0.05, 0.1) is 19.0 Å². The summed E-state index contributed by atoms with van der Waals surface area (Å²) in [6.45, 7) is 2.26. The van der Waals surface area contributed by atoms with Crippen molar-refractivity contribution in [1.82, 2.24) is 0 Å². The monoisotopic (exact) mass is 193 g/mol. The van der Waals surface area contributed by atoms with E-state index in [2.05, 4.69) is 0 Å². The van der Waals surface area contributed by atoms with Crippen LogP contribution in [-0.4, -0.2) is 18.9 Å². The minimum Gasteiger partial charge on any atom is -0.470 e. The molecule has 1 N–H and O–H groups in total. The van der Waals surface area contributed by atoms with Gasteiger partial charge in [0.25, 0.3) is 0 Å². The Balaban J connectivity index is 2.38. The SMILES string of the molecule is C/C=C/OC1=CC=CC(OCC=N)C1. The minimum absolute atomic E-state index is 0.0295. The zero-order valence-corrected chi connectivity index (χ0v) is 8.27. The van der Waals surface area contributed by atoms with Crippen molar-refractivity contribution in [3.05, 3.63) is 36.3 Å². The third-order valence-electron chi connectivity index (χ3n) is 1.76. The van der Waals surface area contributed by atoms with E-state index < -0.39 is 0 Å². The molecule has 1 rings (SSSR count). The van der Waals surface area contributed by atoms with E-state index in [4.69, 9.17) is 14.9 Å². The van der Waals surface area contributed by atoms with Crippen LogP contribution in [0.4, 0.5) is 0 Å². The number of rotatable bonds is 5. The Morgan fingerprint density at radius 1 is 1.64 bits per heavy atom. The van der Waals surface area contributed by atoms with E-state index in [1.807, 2.05) is 31.2 Å². The summed E-state index contributed by atoms with van der Waals surface area (Å²) in [6.07, 6.45) is 11.3. The first kappa shape index (κ1) is 10.7. The molecule has 0 aromatic rings. The maximum Gasteiger partial charge on any atom is 0.106 e. The highest BCUT2D eigenvalue weighted by Crippen LogP contribution is 2.16. The van der Waals surface area contributed by atoms with Crippen LogP contribution in [0.5, 0.6) is 0 Å². The highest BCUT2D eigenvalue weighted by Gasteiger charge is 2.11. The first-order chi connectivity index (χ1) is 6.86. The Kier molecular flexibility index (Phi) is 4.72. The summed E-state index contributed by atoms with van der Waals surface area (Å²) >= 11 is 0. The van der Waals surface area contributed by atoms with E-state index in [0.717, 1.165) is 12.2 Å². The third-order valence-corrected chi connectivity index (χ3v) is 1.76. The van der Waals surface area contributed by atoms with Crippen LogP contribution in [0.15, 0.2) is 36.3 Å². The van der Waals surface area contributed by atoms with Gasteiger partial charge in [-0.05, 0) is 13.0 Å². The summed E-state index contributed by atoms with van der Waals surface area (Å²) in [5.74, 6) is 0.889. The lowest BCUT2D eigenvalue weighted by molar-refractivity contribution is 0.106. The zero-order valence-electron chi connectivity index (χ0n) is 8.27. The van der Waals surface area contributed by atoms with E-state index in [-0.39, 0.29) is 6.10 Å². The molecule has 0 aromatic heterocycles. The van der Waals surface area contributed by atoms with Crippen LogP contribution in [-0.2, 0) is 9.47 Å². The second-order valence-electron chi connectivity index (χ2n) is 2.89. The van der Waals surface area contributed by atoms with Gasteiger partial charge in [0.15, 0.2) is 0 Å². The molecular formula is C11H15NO2. The van der Waals surface area contributed by atoms with Crippen LogP contribution >= 0.6 is 0 Å². The Morgan fingerprint density at radius 2 is 2.50 bits per heavy atom. The standard InChI is InChI=1S/C11H15NO2/c1-2-7-13-10-4-3-5-11(9-10)14-8-6-12/h2-7,11-12H,8-9H2,1H3/b7-2+,12-6?. The molecule has 3 heteroatoms. The number of ether oxygens (including phenoxy) is 2. The summed E-state index contributed by atoms with van der Waals surface area (Å²) in [5, 5.41) is 6.85. The fourth-order valence-electron chi connectivity index (χ4n) is 1.15. The van der Waals surface area contributed by atoms with Crippen molar-refractivity contribution in [1.29, 1.82) is 5.41 Å². The molecule has 0 saturated heterocycles. The molecule has 14 heavy (non-hydrogen) atoms. The molecular weight excluding hydrogens is 178 g/mol. The molecule has 0 aromatic carbocycles. The highest BCUT2D eigenvalue weighted by molar-refractivity contribution is 5.54. The maximum absolute atomic E-state index is 6.85. The molecule has 0 fully saturated rings. The van der Waals surface area contributed by atoms with Crippen LogP contribution in [0.25, 0.3) is 0 Å². The predicted octanol–water partition coefficient (Wildman–Crippen LogP) is 2.42. The fourth-order valence-corrected chi connectivity index (χ4v) is 1.15. The van der Waals surface area contributed by atoms with E-state index in [0.29, 0.717) is 6.61 Å². The van der Waals surface area contributed by atoms with Crippen molar-refractivity contribution in [2.45, 2.75) is 19.4 Å². The molecule has 0 aliphatic heterocycles. The minimum atomic E-state index is 0.0295. The molecule has 0 amide bonds. The molecule has 0 bridgehead atoms. The molecule has 1 atom stereocenters. The van der Waals surface area contributed by atoms with Gasteiger partial charge < -0.3 is 14.9 Å². The lowest BCUT2D eigenvalue weighted by Crippen LogP contribution is -2.14. The van der Waals surface area contributed by atoms with Gasteiger partial charge in [0.1, 0.15) is 5.76 Å². The normalized spacial score (nSPS) is 20.9. The van der Waals surface area contributed by atoms with Crippen molar-refractivity contribution < 1.29 is 9.47 Å². The Labute approximate surface area is 84.2 Å². The van der Waals surface area contributed by atoms with Crippen molar-refractivity contribution in [2.24, 2.45) is 0 Å². The van der Waals surface area contributed by atoms with E-state index in [9.17, 15) is 0 Å². The maximum atomic E-state index is 6.85. The second-order valence-corrected chi connectivity index (χ2v) is 2.89. The van der Waals surface area contributed by atoms with Gasteiger partial charge in [-0.3, -0.25) is 0 Å². The van der Waals surface area contributed by atoms with Gasteiger partial charge in [0.2, 0.25) is 0 Å². The summed E-state index contributed by atoms with van der Waals surface area (Å²) < 4.78 is 10.7. The number of hydrogen-bond donors (Lipinski definition) is 1. The van der Waals surface area contributed by atoms with Crippen LogP contribution in [0, 0.1) is 5.41 Å². The first-order valence-electron chi connectivity index (χ1n) is 4.62. The number of allylic oxidation sites excluding steroid dienone is 3. The third kappa shape index (κ3) is 3.58. The quantitative estimate of drug-likeness (QED) is 0.538. The smallest absolute Gasteiger partial charge is 0.106 e. The summed E-state index contributed by atoms with van der Waals surface area (Å²) in [6, 6.07) is 0. The van der Waals surface area contributed by atoms with Gasteiger partial charge >= 0.3 is 0 Å². The van der Waals surface area contributed by atoms with Crippen molar-refractivity contribution in [3.63, 3.8) is 0 Å². The van der Waals surface area contributed by atoms with Crippen molar-refractivity contribution in [3.8, 4) is 0 Å². The first-order valence-corrected chi connectivity index (χ1v) is 4.62. The predicted molar refractivity (Wildman–Crippen MR) is 56.3 cm³/mol.